The number of aromatic nitrogens is 4. The van der Waals surface area contributed by atoms with Crippen LogP contribution in [0.4, 0.5) is 14.5 Å². The normalized spacial score (nSPS) is 15.2. The number of pyridine rings is 1. The summed E-state index contributed by atoms with van der Waals surface area (Å²) in [6.45, 7) is 5.32. The standard InChI is InChI=1S/C25H26F2N6O2/c1-2-31-11-8-17(9-12-31)25(34)33(20-6-4-3-5-7-20)16-19-15-32-13-10-18(14-21(32)28-19)23-29-30-24(35-23)22(26)27/h3-7,10,13-15,17,22H,2,8-9,11-12,16H2,1H3. The van der Waals surface area contributed by atoms with E-state index in [1.54, 1.807) is 18.3 Å². The molecule has 4 aromatic rings. The molecular weight excluding hydrogens is 454 g/mol. The van der Waals surface area contributed by atoms with Crippen LogP contribution in [0.25, 0.3) is 17.1 Å². The highest BCUT2D eigenvalue weighted by atomic mass is 19.3. The fourth-order valence-corrected chi connectivity index (χ4v) is 4.47. The zero-order valence-corrected chi connectivity index (χ0v) is 19.3. The predicted octanol–water partition coefficient (Wildman–Crippen LogP) is 4.59. The Morgan fingerprint density at radius 3 is 2.63 bits per heavy atom. The highest BCUT2D eigenvalue weighted by Crippen LogP contribution is 2.27. The lowest BCUT2D eigenvalue weighted by atomic mass is 9.95. The molecule has 1 amide bonds. The van der Waals surface area contributed by atoms with Gasteiger partial charge in [-0.2, -0.15) is 8.78 Å². The number of piperidine rings is 1. The van der Waals surface area contributed by atoms with Gasteiger partial charge in [0.25, 0.3) is 5.89 Å². The molecule has 0 radical (unpaired) electrons. The third-order valence-corrected chi connectivity index (χ3v) is 6.42. The van der Waals surface area contributed by atoms with Crippen LogP contribution in [0, 0.1) is 5.92 Å². The van der Waals surface area contributed by atoms with Gasteiger partial charge in [0.1, 0.15) is 5.65 Å². The fraction of sp³-hybridized carbons (Fsp3) is 0.360. The minimum Gasteiger partial charge on any atom is -0.415 e. The number of carbonyl (C=O) groups is 1. The van der Waals surface area contributed by atoms with Crippen LogP contribution in [0.1, 0.15) is 37.8 Å². The second-order valence-corrected chi connectivity index (χ2v) is 8.63. The molecule has 0 saturated carbocycles. The van der Waals surface area contributed by atoms with Gasteiger partial charge in [0.05, 0.1) is 12.2 Å². The number of anilines is 1. The number of fused-ring (bicyclic) bond motifs is 1. The van der Waals surface area contributed by atoms with Gasteiger partial charge in [-0.1, -0.05) is 25.1 Å². The van der Waals surface area contributed by atoms with Crippen molar-refractivity contribution in [2.75, 3.05) is 24.5 Å². The molecule has 35 heavy (non-hydrogen) atoms. The summed E-state index contributed by atoms with van der Waals surface area (Å²) in [5, 5.41) is 7.09. The lowest BCUT2D eigenvalue weighted by molar-refractivity contribution is -0.123. The molecule has 182 valence electrons. The number of benzene rings is 1. The van der Waals surface area contributed by atoms with Crippen molar-refractivity contribution < 1.29 is 18.0 Å². The van der Waals surface area contributed by atoms with Gasteiger partial charge in [0.2, 0.25) is 11.8 Å². The lowest BCUT2D eigenvalue weighted by Crippen LogP contribution is -2.42. The third-order valence-electron chi connectivity index (χ3n) is 6.42. The summed E-state index contributed by atoms with van der Waals surface area (Å²) in [5.74, 6) is -0.629. The van der Waals surface area contributed by atoms with Crippen molar-refractivity contribution in [3.63, 3.8) is 0 Å². The molecule has 0 unspecified atom stereocenters. The molecule has 8 nitrogen and oxygen atoms in total. The Labute approximate surface area is 201 Å². The van der Waals surface area contributed by atoms with E-state index in [1.165, 1.54) is 0 Å². The number of alkyl halides is 2. The average Bonchev–Trinajstić information content (AvgIpc) is 3.54. The van der Waals surface area contributed by atoms with Gasteiger partial charge in [-0.15, -0.1) is 10.2 Å². The van der Waals surface area contributed by atoms with Gasteiger partial charge < -0.3 is 18.6 Å². The molecule has 0 N–H and O–H groups in total. The first-order chi connectivity index (χ1) is 17.0. The zero-order valence-electron chi connectivity index (χ0n) is 19.3. The number of hydrogen-bond donors (Lipinski definition) is 0. The average molecular weight is 481 g/mol. The van der Waals surface area contributed by atoms with E-state index in [2.05, 4.69) is 27.0 Å². The van der Waals surface area contributed by atoms with Crippen molar-refractivity contribution in [1.29, 1.82) is 0 Å². The molecule has 4 heterocycles. The maximum Gasteiger partial charge on any atom is 0.314 e. The van der Waals surface area contributed by atoms with E-state index in [0.29, 0.717) is 23.4 Å². The molecule has 0 atom stereocenters. The monoisotopic (exact) mass is 480 g/mol. The second-order valence-electron chi connectivity index (χ2n) is 8.63. The highest BCUT2D eigenvalue weighted by Gasteiger charge is 2.29. The van der Waals surface area contributed by atoms with Gasteiger partial charge >= 0.3 is 6.43 Å². The van der Waals surface area contributed by atoms with Crippen LogP contribution in [0.2, 0.25) is 0 Å². The molecule has 0 bridgehead atoms. The number of amides is 1. The van der Waals surface area contributed by atoms with Gasteiger partial charge in [0, 0.05) is 29.6 Å². The van der Waals surface area contributed by atoms with Crippen molar-refractivity contribution >= 4 is 17.2 Å². The van der Waals surface area contributed by atoms with Crippen molar-refractivity contribution in [2.45, 2.75) is 32.7 Å². The summed E-state index contributed by atoms with van der Waals surface area (Å²) in [5.41, 5.74) is 2.63. The summed E-state index contributed by atoms with van der Waals surface area (Å²) in [6, 6.07) is 13.0. The molecule has 1 saturated heterocycles. The SMILES string of the molecule is CCN1CCC(C(=O)N(Cc2cn3ccc(-c4nnc(C(F)F)o4)cc3n2)c2ccccc2)CC1. The topological polar surface area (TPSA) is 79.8 Å². The minimum absolute atomic E-state index is 0.00635. The summed E-state index contributed by atoms with van der Waals surface area (Å²) < 4.78 is 32.5. The minimum atomic E-state index is -2.83. The smallest absolute Gasteiger partial charge is 0.314 e. The molecule has 0 spiro atoms. The number of halogens is 2. The third kappa shape index (κ3) is 4.93. The molecule has 1 aliphatic heterocycles. The van der Waals surface area contributed by atoms with Crippen molar-refractivity contribution in [2.24, 2.45) is 5.92 Å². The lowest BCUT2D eigenvalue weighted by Gasteiger charge is -2.33. The molecule has 10 heteroatoms. The van der Waals surface area contributed by atoms with Crippen LogP contribution in [0.3, 0.4) is 0 Å². The van der Waals surface area contributed by atoms with E-state index in [9.17, 15) is 13.6 Å². The number of hydrogen-bond acceptors (Lipinski definition) is 6. The van der Waals surface area contributed by atoms with Crippen molar-refractivity contribution in [3.05, 3.63) is 66.4 Å². The number of imidazole rings is 1. The molecule has 1 aliphatic rings. The molecular formula is C25H26F2N6O2. The van der Waals surface area contributed by atoms with Gasteiger partial charge in [-0.05, 0) is 56.7 Å². The van der Waals surface area contributed by atoms with Gasteiger partial charge in [-0.3, -0.25) is 4.79 Å². The quantitative estimate of drug-likeness (QED) is 0.385. The van der Waals surface area contributed by atoms with E-state index in [0.717, 1.165) is 38.2 Å². The van der Waals surface area contributed by atoms with E-state index < -0.39 is 12.3 Å². The van der Waals surface area contributed by atoms with Crippen molar-refractivity contribution in [3.8, 4) is 11.5 Å². The number of likely N-dealkylation sites (tertiary alicyclic amines) is 1. The number of rotatable bonds is 7. The first-order valence-electron chi connectivity index (χ1n) is 11.7. The largest absolute Gasteiger partial charge is 0.415 e. The molecule has 3 aromatic heterocycles. The van der Waals surface area contributed by atoms with Crippen LogP contribution in [0.15, 0.2) is 59.3 Å². The number of carbonyl (C=O) groups excluding carboxylic acids is 1. The summed E-state index contributed by atoms with van der Waals surface area (Å²) in [7, 11) is 0. The number of nitrogens with zero attached hydrogens (tertiary/aromatic N) is 6. The summed E-state index contributed by atoms with van der Waals surface area (Å²) >= 11 is 0. The first kappa shape index (κ1) is 23.1. The Kier molecular flexibility index (Phi) is 6.54. The van der Waals surface area contributed by atoms with Crippen LogP contribution in [0.5, 0.6) is 0 Å². The predicted molar refractivity (Wildman–Crippen MR) is 126 cm³/mol. The number of para-hydroxylation sites is 1. The van der Waals surface area contributed by atoms with Gasteiger partial charge in [0.15, 0.2) is 0 Å². The van der Waals surface area contributed by atoms with E-state index >= 15 is 0 Å². The van der Waals surface area contributed by atoms with E-state index in [1.807, 2.05) is 45.8 Å². The van der Waals surface area contributed by atoms with Crippen LogP contribution >= 0.6 is 0 Å². The Morgan fingerprint density at radius 2 is 1.94 bits per heavy atom. The Bertz CT molecular complexity index is 1300. The molecule has 5 rings (SSSR count). The van der Waals surface area contributed by atoms with E-state index in [-0.39, 0.29) is 17.7 Å². The molecule has 1 fully saturated rings. The summed E-state index contributed by atoms with van der Waals surface area (Å²) in [4.78, 5) is 22.4. The molecule has 1 aromatic carbocycles. The van der Waals surface area contributed by atoms with E-state index in [4.69, 9.17) is 4.42 Å². The maximum atomic E-state index is 13.6. The maximum absolute atomic E-state index is 13.6. The van der Waals surface area contributed by atoms with Gasteiger partial charge in [-0.25, -0.2) is 4.98 Å². The fourth-order valence-electron chi connectivity index (χ4n) is 4.47. The first-order valence-corrected chi connectivity index (χ1v) is 11.7. The highest BCUT2D eigenvalue weighted by molar-refractivity contribution is 5.95. The van der Waals surface area contributed by atoms with Crippen molar-refractivity contribution in [1.82, 2.24) is 24.5 Å². The zero-order chi connectivity index (χ0) is 24.4. The molecule has 0 aliphatic carbocycles. The van der Waals surface area contributed by atoms with Crippen LogP contribution in [-0.4, -0.2) is 50.0 Å². The second kappa shape index (κ2) is 9.91. The Hall–Kier alpha value is -3.66. The summed E-state index contributed by atoms with van der Waals surface area (Å²) in [6.07, 6.45) is 2.47. The Balaban J connectivity index is 1.40. The van der Waals surface area contributed by atoms with Crippen LogP contribution in [-0.2, 0) is 11.3 Å². The Morgan fingerprint density at radius 1 is 1.17 bits per heavy atom. The van der Waals surface area contributed by atoms with Crippen LogP contribution < -0.4 is 4.90 Å².